The molecule has 0 aliphatic carbocycles. The molecule has 3 aromatic carbocycles. The monoisotopic (exact) mass is 498 g/mol. The number of hydrogen-bond donors (Lipinski definition) is 1. The van der Waals surface area contributed by atoms with Crippen LogP contribution < -0.4 is 4.74 Å². The first-order valence-electron chi connectivity index (χ1n) is 12.8. The summed E-state index contributed by atoms with van der Waals surface area (Å²) in [6, 6.07) is 23.9. The highest BCUT2D eigenvalue weighted by atomic mass is 16.5. The number of hydrogen-bond acceptors (Lipinski definition) is 5. The molecule has 1 amide bonds. The van der Waals surface area contributed by atoms with Crippen LogP contribution in [0.3, 0.4) is 0 Å². The average molecular weight is 499 g/mol. The van der Waals surface area contributed by atoms with Crippen molar-refractivity contribution in [1.29, 1.82) is 0 Å². The lowest BCUT2D eigenvalue weighted by Crippen LogP contribution is -2.38. The molecular weight excluding hydrogens is 464 g/mol. The number of aryl methyl sites for hydroxylation is 1. The zero-order valence-electron chi connectivity index (χ0n) is 21.7. The molecule has 192 valence electrons. The van der Waals surface area contributed by atoms with Crippen molar-refractivity contribution < 1.29 is 19.4 Å². The van der Waals surface area contributed by atoms with Crippen molar-refractivity contribution in [1.82, 2.24) is 9.80 Å². The molecule has 1 fully saturated rings. The van der Waals surface area contributed by atoms with Crippen LogP contribution in [-0.4, -0.2) is 52.8 Å². The van der Waals surface area contributed by atoms with Gasteiger partial charge in [-0.15, -0.1) is 0 Å². The Hall–Kier alpha value is -3.90. The zero-order valence-corrected chi connectivity index (χ0v) is 21.7. The molecule has 0 aromatic heterocycles. The van der Waals surface area contributed by atoms with Gasteiger partial charge in [0.1, 0.15) is 18.1 Å². The molecule has 1 aliphatic rings. The fraction of sp³-hybridized carbons (Fsp3) is 0.290. The Labute approximate surface area is 218 Å². The van der Waals surface area contributed by atoms with Gasteiger partial charge in [0.15, 0.2) is 0 Å². The summed E-state index contributed by atoms with van der Waals surface area (Å²) in [6.45, 7) is 9.18. The van der Waals surface area contributed by atoms with E-state index in [9.17, 15) is 14.7 Å². The van der Waals surface area contributed by atoms with Crippen LogP contribution in [0.4, 0.5) is 0 Å². The number of benzene rings is 3. The Morgan fingerprint density at radius 3 is 2.32 bits per heavy atom. The number of aliphatic hydroxyl groups excluding tert-OH is 1. The first kappa shape index (κ1) is 26.2. The zero-order chi connectivity index (χ0) is 26.4. The number of aliphatic hydroxyl groups is 1. The maximum atomic E-state index is 13.3. The molecule has 1 atom stereocenters. The number of likely N-dealkylation sites (tertiary alicyclic amines) is 1. The summed E-state index contributed by atoms with van der Waals surface area (Å²) in [4.78, 5) is 30.3. The maximum absolute atomic E-state index is 13.3. The van der Waals surface area contributed by atoms with Gasteiger partial charge in [0.2, 0.25) is 0 Å². The van der Waals surface area contributed by atoms with Gasteiger partial charge in [0.05, 0.1) is 11.6 Å². The topological polar surface area (TPSA) is 70.1 Å². The van der Waals surface area contributed by atoms with Gasteiger partial charge in [-0.2, -0.15) is 0 Å². The molecule has 1 unspecified atom stereocenters. The van der Waals surface area contributed by atoms with Crippen molar-refractivity contribution in [2.45, 2.75) is 33.4 Å². The van der Waals surface area contributed by atoms with E-state index in [1.54, 1.807) is 17.0 Å². The van der Waals surface area contributed by atoms with Gasteiger partial charge < -0.3 is 19.6 Å². The van der Waals surface area contributed by atoms with Gasteiger partial charge in [0, 0.05) is 18.7 Å². The third kappa shape index (κ3) is 5.92. The number of ether oxygens (including phenoxy) is 1. The van der Waals surface area contributed by atoms with Crippen molar-refractivity contribution in [3.05, 3.63) is 107 Å². The Bertz CT molecular complexity index is 1260. The minimum absolute atomic E-state index is 0.105. The summed E-state index contributed by atoms with van der Waals surface area (Å²) in [5.74, 6) is -0.796. The maximum Gasteiger partial charge on any atom is 0.295 e. The summed E-state index contributed by atoms with van der Waals surface area (Å²) in [7, 11) is 0. The summed E-state index contributed by atoms with van der Waals surface area (Å²) in [6.07, 6.45) is 0. The van der Waals surface area contributed by atoms with Crippen LogP contribution in [0, 0.1) is 6.92 Å². The molecule has 3 aromatic rings. The second kappa shape index (κ2) is 11.9. The van der Waals surface area contributed by atoms with Gasteiger partial charge in [-0.25, -0.2) is 0 Å². The summed E-state index contributed by atoms with van der Waals surface area (Å²) in [5.41, 5.74) is 3.41. The molecule has 4 rings (SSSR count). The molecule has 1 heterocycles. The van der Waals surface area contributed by atoms with Gasteiger partial charge in [-0.3, -0.25) is 9.59 Å². The molecule has 0 radical (unpaired) electrons. The van der Waals surface area contributed by atoms with Crippen LogP contribution in [0.1, 0.15) is 42.1 Å². The number of amides is 1. The van der Waals surface area contributed by atoms with E-state index in [0.717, 1.165) is 29.8 Å². The SMILES string of the molecule is CCN(CC)CCN1C(=O)C(=O)C(=C(O)c2ccc(C)cc2)C1c1cccc(OCc2ccccc2)c1. The highest BCUT2D eigenvalue weighted by Crippen LogP contribution is 2.40. The van der Waals surface area contributed by atoms with Crippen molar-refractivity contribution in [3.8, 4) is 5.75 Å². The molecule has 0 bridgehead atoms. The minimum Gasteiger partial charge on any atom is -0.507 e. The van der Waals surface area contributed by atoms with Gasteiger partial charge in [-0.05, 0) is 43.3 Å². The van der Waals surface area contributed by atoms with Gasteiger partial charge >= 0.3 is 0 Å². The van der Waals surface area contributed by atoms with Crippen LogP contribution in [0.15, 0.2) is 84.4 Å². The van der Waals surface area contributed by atoms with E-state index in [2.05, 4.69) is 18.7 Å². The van der Waals surface area contributed by atoms with E-state index >= 15 is 0 Å². The van der Waals surface area contributed by atoms with Crippen LogP contribution in [0.5, 0.6) is 5.75 Å². The normalized spacial score (nSPS) is 17.0. The molecule has 1 N–H and O–H groups in total. The third-order valence-electron chi connectivity index (χ3n) is 6.84. The Morgan fingerprint density at radius 2 is 1.65 bits per heavy atom. The first-order chi connectivity index (χ1) is 17.9. The number of likely N-dealkylation sites (N-methyl/N-ethyl adjacent to an activating group) is 1. The molecule has 6 nitrogen and oxygen atoms in total. The number of Topliss-reactive ketones (excluding diaryl/α,β-unsaturated/α-hetero) is 1. The summed E-state index contributed by atoms with van der Waals surface area (Å²) >= 11 is 0. The van der Waals surface area contributed by atoms with Gasteiger partial charge in [-0.1, -0.05) is 86.1 Å². The molecule has 1 saturated heterocycles. The van der Waals surface area contributed by atoms with Crippen molar-refractivity contribution in [2.75, 3.05) is 26.2 Å². The van der Waals surface area contributed by atoms with Crippen LogP contribution in [0.25, 0.3) is 5.76 Å². The quantitative estimate of drug-likeness (QED) is 0.232. The fourth-order valence-electron chi connectivity index (χ4n) is 4.63. The summed E-state index contributed by atoms with van der Waals surface area (Å²) < 4.78 is 6.03. The molecule has 1 aliphatic heterocycles. The summed E-state index contributed by atoms with van der Waals surface area (Å²) in [5, 5.41) is 11.3. The van der Waals surface area contributed by atoms with E-state index in [1.807, 2.05) is 73.7 Å². The number of rotatable bonds is 10. The smallest absolute Gasteiger partial charge is 0.295 e. The second-order valence-corrected chi connectivity index (χ2v) is 9.23. The van der Waals surface area contributed by atoms with Crippen LogP contribution >= 0.6 is 0 Å². The largest absolute Gasteiger partial charge is 0.507 e. The van der Waals surface area contributed by atoms with Crippen LogP contribution in [-0.2, 0) is 16.2 Å². The lowest BCUT2D eigenvalue weighted by Gasteiger charge is -2.28. The molecule has 37 heavy (non-hydrogen) atoms. The Balaban J connectivity index is 1.72. The Kier molecular flexibility index (Phi) is 8.41. The molecule has 6 heteroatoms. The first-order valence-corrected chi connectivity index (χ1v) is 12.8. The number of carbonyl (C=O) groups is 2. The number of carbonyl (C=O) groups excluding carboxylic acids is 2. The van der Waals surface area contributed by atoms with E-state index < -0.39 is 17.7 Å². The lowest BCUT2D eigenvalue weighted by atomic mass is 9.95. The third-order valence-corrected chi connectivity index (χ3v) is 6.84. The lowest BCUT2D eigenvalue weighted by molar-refractivity contribution is -0.140. The predicted octanol–water partition coefficient (Wildman–Crippen LogP) is 5.34. The Morgan fingerprint density at radius 1 is 0.946 bits per heavy atom. The van der Waals surface area contributed by atoms with E-state index in [1.165, 1.54) is 0 Å². The standard InChI is InChI=1S/C31H34N2O4/c1-4-32(5-2)18-19-33-28(25-12-9-13-26(20-25)37-21-23-10-7-6-8-11-23)27(30(35)31(33)36)29(34)24-16-14-22(3)15-17-24/h6-17,20,28,34H,4-5,18-19,21H2,1-3H3. The van der Waals surface area contributed by atoms with E-state index in [0.29, 0.717) is 31.0 Å². The van der Waals surface area contributed by atoms with Crippen molar-refractivity contribution in [2.24, 2.45) is 0 Å². The van der Waals surface area contributed by atoms with E-state index in [4.69, 9.17) is 4.74 Å². The highest BCUT2D eigenvalue weighted by Gasteiger charge is 2.46. The predicted molar refractivity (Wildman–Crippen MR) is 145 cm³/mol. The fourth-order valence-corrected chi connectivity index (χ4v) is 4.63. The van der Waals surface area contributed by atoms with E-state index in [-0.39, 0.29) is 11.3 Å². The van der Waals surface area contributed by atoms with Gasteiger partial charge in [0.25, 0.3) is 11.7 Å². The van der Waals surface area contributed by atoms with Crippen molar-refractivity contribution >= 4 is 17.4 Å². The molecule has 0 spiro atoms. The minimum atomic E-state index is -0.711. The molecular formula is C31H34N2O4. The highest BCUT2D eigenvalue weighted by molar-refractivity contribution is 6.46. The average Bonchev–Trinajstić information content (AvgIpc) is 3.18. The number of nitrogens with zero attached hydrogens (tertiary/aromatic N) is 2. The van der Waals surface area contributed by atoms with Crippen LogP contribution in [0.2, 0.25) is 0 Å². The second-order valence-electron chi connectivity index (χ2n) is 9.23. The van der Waals surface area contributed by atoms with Crippen molar-refractivity contribution in [3.63, 3.8) is 0 Å². The number of ketones is 1. The molecule has 0 saturated carbocycles.